The number of aliphatic hydroxyl groups is 1. The first-order valence-corrected chi connectivity index (χ1v) is 13.8. The number of aromatic nitrogens is 1. The van der Waals surface area contributed by atoms with Gasteiger partial charge in [-0.1, -0.05) is 24.6 Å². The van der Waals surface area contributed by atoms with Crippen molar-refractivity contribution in [2.24, 2.45) is 5.41 Å². The van der Waals surface area contributed by atoms with Crippen LogP contribution in [0, 0.1) is 12.3 Å². The largest absolute Gasteiger partial charge is 0.493 e. The van der Waals surface area contributed by atoms with E-state index in [-0.39, 0.29) is 24.5 Å². The molecule has 2 aromatic rings. The van der Waals surface area contributed by atoms with Crippen LogP contribution in [0.5, 0.6) is 11.5 Å². The highest BCUT2D eigenvalue weighted by molar-refractivity contribution is 6.31. The number of ether oxygens (including phenoxy) is 4. The lowest BCUT2D eigenvalue weighted by Crippen LogP contribution is -2.54. The molecule has 4 atom stereocenters. The van der Waals surface area contributed by atoms with Gasteiger partial charge in [0.2, 0.25) is 0 Å². The molecule has 3 aliphatic rings. The number of hydrogen-bond acceptors (Lipinski definition) is 8. The number of halogens is 1. The summed E-state index contributed by atoms with van der Waals surface area (Å²) in [6.45, 7) is 11.8. The molecule has 3 saturated heterocycles. The van der Waals surface area contributed by atoms with Crippen molar-refractivity contribution in [2.75, 3.05) is 44.8 Å². The number of aryl methyl sites for hydroxylation is 1. The van der Waals surface area contributed by atoms with E-state index < -0.39 is 23.4 Å². The summed E-state index contributed by atoms with van der Waals surface area (Å²) in [6.07, 6.45) is -1.31. The number of pyridine rings is 1. The fraction of sp³-hybridized carbons (Fsp3) is 0.586. The minimum absolute atomic E-state index is 0.0281. The second-order valence-corrected chi connectivity index (χ2v) is 12.0. The third-order valence-electron chi connectivity index (χ3n) is 8.34. The molecule has 0 aliphatic carbocycles. The Labute approximate surface area is 234 Å². The van der Waals surface area contributed by atoms with Crippen LogP contribution in [0.2, 0.25) is 5.02 Å². The average Bonchev–Trinajstić information content (AvgIpc) is 3.42. The van der Waals surface area contributed by atoms with Crippen molar-refractivity contribution in [1.82, 2.24) is 9.88 Å². The molecule has 4 heterocycles. The van der Waals surface area contributed by atoms with Crippen LogP contribution in [0.3, 0.4) is 0 Å². The molecular weight excluding hydrogens is 522 g/mol. The van der Waals surface area contributed by atoms with Crippen molar-refractivity contribution in [3.05, 3.63) is 46.6 Å². The van der Waals surface area contributed by atoms with Gasteiger partial charge in [-0.15, -0.1) is 0 Å². The van der Waals surface area contributed by atoms with Gasteiger partial charge in [-0.3, -0.25) is 4.79 Å². The highest BCUT2D eigenvalue weighted by Crippen LogP contribution is 2.47. The lowest BCUT2D eigenvalue weighted by atomic mass is 9.72. The van der Waals surface area contributed by atoms with Crippen LogP contribution in [-0.4, -0.2) is 84.9 Å². The van der Waals surface area contributed by atoms with Gasteiger partial charge < -0.3 is 33.9 Å². The zero-order chi connectivity index (χ0) is 28.1. The molecule has 0 bridgehead atoms. The highest BCUT2D eigenvalue weighted by Gasteiger charge is 2.50. The van der Waals surface area contributed by atoms with Crippen LogP contribution < -0.4 is 14.4 Å². The van der Waals surface area contributed by atoms with E-state index in [4.69, 9.17) is 30.5 Å². The second kappa shape index (κ2) is 10.4. The van der Waals surface area contributed by atoms with Crippen LogP contribution in [0.1, 0.15) is 44.9 Å². The molecule has 0 spiro atoms. The summed E-state index contributed by atoms with van der Waals surface area (Å²) in [7, 11) is 1.62. The monoisotopic (exact) mass is 559 g/mol. The van der Waals surface area contributed by atoms with Crippen LogP contribution in [0.25, 0.3) is 0 Å². The summed E-state index contributed by atoms with van der Waals surface area (Å²) in [5, 5.41) is 11.5. The maximum absolute atomic E-state index is 13.3. The SMILES string of the molecule is COc1ccc([C@@H]2CN(C(=O)[C@@H]3COC(C)(C)O3)C[C@@]2(C)C(C)O)cc1OC1CN(c2ccc(Cl)c(C)n2)C1. The molecule has 1 amide bonds. The van der Waals surface area contributed by atoms with E-state index in [2.05, 4.69) is 9.88 Å². The number of likely N-dealkylation sites (tertiary alicyclic amines) is 1. The fourth-order valence-electron chi connectivity index (χ4n) is 5.69. The summed E-state index contributed by atoms with van der Waals surface area (Å²) in [6, 6.07) is 9.66. The molecule has 1 unspecified atom stereocenters. The van der Waals surface area contributed by atoms with E-state index >= 15 is 0 Å². The maximum Gasteiger partial charge on any atom is 0.254 e. The first-order valence-electron chi connectivity index (χ1n) is 13.4. The standard InChI is InChI=1S/C29H38ClN3O6/c1-17-22(30)8-10-26(31-17)32-12-20(13-32)38-24-11-19(7-9-23(24)36-6)21-14-33(16-29(21,5)18(2)34)27(35)25-15-37-28(3,4)39-25/h7-11,18,20-21,25,34H,12-16H2,1-6H3/t18?,21-,25-,29-/m0/s1. The molecule has 3 aliphatic heterocycles. The fourth-order valence-corrected chi connectivity index (χ4v) is 5.80. The lowest BCUT2D eigenvalue weighted by molar-refractivity contribution is -0.159. The quantitative estimate of drug-likeness (QED) is 0.548. The Morgan fingerprint density at radius 1 is 1.18 bits per heavy atom. The van der Waals surface area contributed by atoms with E-state index in [1.54, 1.807) is 32.8 Å². The van der Waals surface area contributed by atoms with Crippen molar-refractivity contribution in [2.45, 2.75) is 64.6 Å². The van der Waals surface area contributed by atoms with Crippen molar-refractivity contribution in [3.63, 3.8) is 0 Å². The number of carbonyl (C=O) groups excluding carboxylic acids is 1. The zero-order valence-electron chi connectivity index (χ0n) is 23.4. The Morgan fingerprint density at radius 3 is 2.54 bits per heavy atom. The van der Waals surface area contributed by atoms with Crippen molar-refractivity contribution in [1.29, 1.82) is 0 Å². The normalized spacial score (nSPS) is 27.4. The summed E-state index contributed by atoms with van der Waals surface area (Å²) in [5.74, 6) is 1.16. The number of methoxy groups -OCH3 is 1. The number of aliphatic hydroxyl groups excluding tert-OH is 1. The van der Waals surface area contributed by atoms with Gasteiger partial charge in [0.05, 0.1) is 43.6 Å². The van der Waals surface area contributed by atoms with Gasteiger partial charge in [-0.2, -0.15) is 0 Å². The Balaban J connectivity index is 1.32. The minimum Gasteiger partial charge on any atom is -0.493 e. The predicted octanol–water partition coefficient (Wildman–Crippen LogP) is 3.78. The molecule has 212 valence electrons. The third kappa shape index (κ3) is 5.42. The first-order chi connectivity index (χ1) is 18.4. The molecule has 0 radical (unpaired) electrons. The maximum atomic E-state index is 13.3. The van der Waals surface area contributed by atoms with Crippen LogP contribution in [-0.2, 0) is 14.3 Å². The van der Waals surface area contributed by atoms with Crippen molar-refractivity contribution < 1.29 is 28.8 Å². The number of anilines is 1. The van der Waals surface area contributed by atoms with Gasteiger partial charge in [0.15, 0.2) is 23.4 Å². The Kier molecular flexibility index (Phi) is 7.47. The van der Waals surface area contributed by atoms with Crippen LogP contribution in [0.15, 0.2) is 30.3 Å². The van der Waals surface area contributed by atoms with Crippen molar-refractivity contribution >= 4 is 23.3 Å². The average molecular weight is 560 g/mol. The molecule has 9 nitrogen and oxygen atoms in total. The smallest absolute Gasteiger partial charge is 0.254 e. The van der Waals surface area contributed by atoms with Gasteiger partial charge in [0.1, 0.15) is 11.9 Å². The zero-order valence-corrected chi connectivity index (χ0v) is 24.2. The number of rotatable bonds is 7. The van der Waals surface area contributed by atoms with E-state index in [1.807, 2.05) is 44.2 Å². The second-order valence-electron chi connectivity index (χ2n) is 11.6. The topological polar surface area (TPSA) is 93.6 Å². The summed E-state index contributed by atoms with van der Waals surface area (Å²) in [5.41, 5.74) is 1.23. The molecule has 1 aromatic heterocycles. The summed E-state index contributed by atoms with van der Waals surface area (Å²) in [4.78, 5) is 21.9. The number of amides is 1. The highest BCUT2D eigenvalue weighted by atomic mass is 35.5. The Morgan fingerprint density at radius 2 is 1.92 bits per heavy atom. The molecule has 5 rings (SSSR count). The number of carbonyl (C=O) groups is 1. The van der Waals surface area contributed by atoms with Gasteiger partial charge >= 0.3 is 0 Å². The van der Waals surface area contributed by atoms with E-state index in [9.17, 15) is 9.90 Å². The van der Waals surface area contributed by atoms with Crippen LogP contribution in [0.4, 0.5) is 5.82 Å². The Hall–Kier alpha value is -2.59. The van der Waals surface area contributed by atoms with Gasteiger partial charge in [-0.05, 0) is 57.5 Å². The number of benzene rings is 1. The van der Waals surface area contributed by atoms with Gasteiger partial charge in [-0.25, -0.2) is 4.98 Å². The summed E-state index contributed by atoms with van der Waals surface area (Å²) < 4.78 is 23.4. The van der Waals surface area contributed by atoms with Gasteiger partial charge in [0, 0.05) is 24.4 Å². The summed E-state index contributed by atoms with van der Waals surface area (Å²) >= 11 is 6.13. The lowest BCUT2D eigenvalue weighted by Gasteiger charge is -2.40. The molecule has 0 saturated carbocycles. The molecule has 3 fully saturated rings. The molecule has 39 heavy (non-hydrogen) atoms. The Bertz CT molecular complexity index is 1230. The van der Waals surface area contributed by atoms with E-state index in [0.717, 1.165) is 17.1 Å². The first kappa shape index (κ1) is 28.0. The third-order valence-corrected chi connectivity index (χ3v) is 8.74. The van der Waals surface area contributed by atoms with E-state index in [1.165, 1.54) is 0 Å². The molecular formula is C29H38ClN3O6. The molecule has 1 N–H and O–H groups in total. The molecule has 10 heteroatoms. The minimum atomic E-state index is -0.783. The van der Waals surface area contributed by atoms with Crippen LogP contribution >= 0.6 is 11.6 Å². The van der Waals surface area contributed by atoms with Crippen molar-refractivity contribution in [3.8, 4) is 11.5 Å². The number of hydrogen-bond donors (Lipinski definition) is 1. The predicted molar refractivity (Wildman–Crippen MR) is 148 cm³/mol. The molecule has 1 aromatic carbocycles. The van der Waals surface area contributed by atoms with E-state index in [0.29, 0.717) is 42.7 Å². The number of nitrogens with zero attached hydrogens (tertiary/aromatic N) is 3. The van der Waals surface area contributed by atoms with Gasteiger partial charge in [0.25, 0.3) is 5.91 Å².